The number of benzene rings is 1. The molecule has 2 heterocycles. The molecular formula is C17H22ClN5O2. The van der Waals surface area contributed by atoms with Crippen LogP contribution in [-0.4, -0.2) is 40.3 Å². The second kappa shape index (κ2) is 7.74. The van der Waals surface area contributed by atoms with Gasteiger partial charge in [-0.1, -0.05) is 11.6 Å². The molecule has 134 valence electrons. The van der Waals surface area contributed by atoms with Gasteiger partial charge >= 0.3 is 0 Å². The monoisotopic (exact) mass is 363 g/mol. The molecule has 2 aromatic rings. The van der Waals surface area contributed by atoms with Crippen LogP contribution in [0.15, 0.2) is 18.2 Å². The van der Waals surface area contributed by atoms with Gasteiger partial charge in [0, 0.05) is 18.1 Å². The number of nitrogens with zero attached hydrogens (tertiary/aromatic N) is 3. The molecule has 1 aliphatic rings. The van der Waals surface area contributed by atoms with E-state index in [1.807, 2.05) is 13.8 Å². The van der Waals surface area contributed by atoms with E-state index in [4.69, 9.17) is 16.3 Å². The van der Waals surface area contributed by atoms with Gasteiger partial charge in [0.2, 0.25) is 11.9 Å². The van der Waals surface area contributed by atoms with Crippen LogP contribution >= 0.6 is 11.6 Å². The van der Waals surface area contributed by atoms with E-state index in [2.05, 4.69) is 25.4 Å². The highest BCUT2D eigenvalue weighted by Crippen LogP contribution is 2.25. The van der Waals surface area contributed by atoms with E-state index in [9.17, 15) is 4.79 Å². The molecule has 0 bridgehead atoms. The van der Waals surface area contributed by atoms with Crippen LogP contribution in [0, 0.1) is 0 Å². The fourth-order valence-corrected chi connectivity index (χ4v) is 2.93. The minimum Gasteiger partial charge on any atom is -0.490 e. The third kappa shape index (κ3) is 4.42. The van der Waals surface area contributed by atoms with Crippen LogP contribution in [0.3, 0.4) is 0 Å². The van der Waals surface area contributed by atoms with Gasteiger partial charge in [0.15, 0.2) is 0 Å². The number of aromatic nitrogens is 3. The van der Waals surface area contributed by atoms with Crippen molar-refractivity contribution in [1.82, 2.24) is 15.2 Å². The third-order valence-electron chi connectivity index (χ3n) is 3.89. The van der Waals surface area contributed by atoms with E-state index < -0.39 is 0 Å². The van der Waals surface area contributed by atoms with E-state index in [1.54, 1.807) is 18.2 Å². The van der Waals surface area contributed by atoms with Crippen LogP contribution in [-0.2, 0) is 0 Å². The molecule has 0 radical (unpaired) electrons. The number of carbonyl (C=O) groups is 1. The Kier molecular flexibility index (Phi) is 5.43. The van der Waals surface area contributed by atoms with Crippen molar-refractivity contribution in [3.8, 4) is 5.75 Å². The summed E-state index contributed by atoms with van der Waals surface area (Å²) in [5.74, 6) is 1.05. The molecule has 1 amide bonds. The Morgan fingerprint density at radius 1 is 1.32 bits per heavy atom. The predicted octanol–water partition coefficient (Wildman–Crippen LogP) is 3.49. The van der Waals surface area contributed by atoms with Gasteiger partial charge in [-0.2, -0.15) is 4.98 Å². The minimum atomic E-state index is -0.348. The quantitative estimate of drug-likeness (QED) is 0.849. The van der Waals surface area contributed by atoms with Crippen molar-refractivity contribution in [2.75, 3.05) is 23.3 Å². The number of hydrogen-bond acceptors (Lipinski definition) is 5. The summed E-state index contributed by atoms with van der Waals surface area (Å²) in [6.07, 6.45) is 3.45. The number of amides is 1. The second-order valence-corrected chi connectivity index (χ2v) is 6.73. The number of H-pyrrole nitrogens is 1. The molecule has 25 heavy (non-hydrogen) atoms. The number of ether oxygens (including phenoxy) is 1. The maximum Gasteiger partial charge on any atom is 0.261 e. The number of nitrogens with one attached hydrogen (secondary N) is 2. The summed E-state index contributed by atoms with van der Waals surface area (Å²) in [5, 5.41) is 10.2. The Morgan fingerprint density at radius 2 is 2.08 bits per heavy atom. The molecule has 1 aromatic carbocycles. The molecule has 1 aliphatic heterocycles. The number of rotatable bonds is 5. The first-order valence-corrected chi connectivity index (χ1v) is 8.85. The second-order valence-electron chi connectivity index (χ2n) is 6.29. The van der Waals surface area contributed by atoms with E-state index >= 15 is 0 Å². The highest BCUT2D eigenvalue weighted by atomic mass is 35.5. The maximum atomic E-state index is 12.6. The van der Waals surface area contributed by atoms with Crippen molar-refractivity contribution in [2.45, 2.75) is 39.2 Å². The zero-order valence-electron chi connectivity index (χ0n) is 14.4. The molecule has 0 atom stereocenters. The third-order valence-corrected chi connectivity index (χ3v) is 4.13. The number of halogens is 1. The summed E-state index contributed by atoms with van der Waals surface area (Å²) < 4.78 is 5.69. The average Bonchev–Trinajstić information content (AvgIpc) is 3.05. The lowest BCUT2D eigenvalue weighted by Crippen LogP contribution is -2.30. The molecule has 1 aromatic heterocycles. The van der Waals surface area contributed by atoms with Gasteiger partial charge in [-0.3, -0.25) is 10.1 Å². The zero-order valence-corrected chi connectivity index (χ0v) is 15.1. The normalized spacial score (nSPS) is 14.6. The highest BCUT2D eigenvalue weighted by molar-refractivity contribution is 6.31. The zero-order chi connectivity index (χ0) is 17.8. The first kappa shape index (κ1) is 17.5. The maximum absolute atomic E-state index is 12.6. The Hall–Kier alpha value is -2.28. The summed E-state index contributed by atoms with van der Waals surface area (Å²) in [4.78, 5) is 19.1. The Bertz CT molecular complexity index is 740. The molecule has 3 rings (SSSR count). The minimum absolute atomic E-state index is 0.0521. The summed E-state index contributed by atoms with van der Waals surface area (Å²) >= 11 is 6.03. The molecule has 0 saturated carbocycles. The van der Waals surface area contributed by atoms with Gasteiger partial charge in [-0.25, -0.2) is 5.10 Å². The SMILES string of the molecule is CC(C)Oc1ccc(Cl)cc1C(=O)Nc1nc(N2CCCCC2)n[nH]1. The van der Waals surface area contributed by atoms with E-state index in [0.29, 0.717) is 28.2 Å². The molecule has 1 saturated heterocycles. The Labute approximate surface area is 151 Å². The van der Waals surface area contributed by atoms with Gasteiger partial charge in [0.25, 0.3) is 5.91 Å². The summed E-state index contributed by atoms with van der Waals surface area (Å²) in [6, 6.07) is 4.96. The van der Waals surface area contributed by atoms with Crippen LogP contribution in [0.5, 0.6) is 5.75 Å². The lowest BCUT2D eigenvalue weighted by atomic mass is 10.1. The molecule has 8 heteroatoms. The van der Waals surface area contributed by atoms with Gasteiger partial charge in [0.1, 0.15) is 5.75 Å². The average molecular weight is 364 g/mol. The first-order chi connectivity index (χ1) is 12.0. The molecule has 0 unspecified atom stereocenters. The smallest absolute Gasteiger partial charge is 0.261 e. The number of piperidine rings is 1. The van der Waals surface area contributed by atoms with Gasteiger partial charge in [0.05, 0.1) is 11.7 Å². The van der Waals surface area contributed by atoms with Gasteiger partial charge in [-0.15, -0.1) is 5.10 Å². The van der Waals surface area contributed by atoms with Crippen LogP contribution in [0.1, 0.15) is 43.5 Å². The molecule has 0 spiro atoms. The summed E-state index contributed by atoms with van der Waals surface area (Å²) in [5.41, 5.74) is 0.358. The Balaban J connectivity index is 1.74. The lowest BCUT2D eigenvalue weighted by molar-refractivity contribution is 0.102. The lowest BCUT2D eigenvalue weighted by Gasteiger charge is -2.24. The van der Waals surface area contributed by atoms with Gasteiger partial charge in [-0.05, 0) is 51.3 Å². The molecule has 0 aliphatic carbocycles. The van der Waals surface area contributed by atoms with Gasteiger partial charge < -0.3 is 9.64 Å². The topological polar surface area (TPSA) is 83.1 Å². The van der Waals surface area contributed by atoms with E-state index in [1.165, 1.54) is 6.42 Å². The van der Waals surface area contributed by atoms with Crippen molar-refractivity contribution in [2.24, 2.45) is 0 Å². The molecular weight excluding hydrogens is 342 g/mol. The highest BCUT2D eigenvalue weighted by Gasteiger charge is 2.19. The van der Waals surface area contributed by atoms with Crippen molar-refractivity contribution in [3.05, 3.63) is 28.8 Å². The standard InChI is InChI=1S/C17H22ClN5O2/c1-11(2)25-14-7-6-12(18)10-13(14)15(24)19-16-20-17(22-21-16)23-8-4-3-5-9-23/h6-7,10-11H,3-5,8-9H2,1-2H3,(H2,19,20,21,22,24). The fourth-order valence-electron chi connectivity index (χ4n) is 2.76. The van der Waals surface area contributed by atoms with Crippen LogP contribution in [0.25, 0.3) is 0 Å². The predicted molar refractivity (Wildman–Crippen MR) is 97.6 cm³/mol. The number of anilines is 2. The van der Waals surface area contributed by atoms with Crippen LogP contribution in [0.2, 0.25) is 5.02 Å². The fraction of sp³-hybridized carbons (Fsp3) is 0.471. The Morgan fingerprint density at radius 3 is 2.80 bits per heavy atom. The number of carbonyl (C=O) groups excluding carboxylic acids is 1. The van der Waals surface area contributed by atoms with Crippen molar-refractivity contribution in [3.63, 3.8) is 0 Å². The van der Waals surface area contributed by atoms with Crippen molar-refractivity contribution >= 4 is 29.4 Å². The van der Waals surface area contributed by atoms with Crippen LogP contribution < -0.4 is 15.0 Å². The van der Waals surface area contributed by atoms with Crippen molar-refractivity contribution < 1.29 is 9.53 Å². The number of hydrogen-bond donors (Lipinski definition) is 2. The van der Waals surface area contributed by atoms with E-state index in [0.717, 1.165) is 25.9 Å². The van der Waals surface area contributed by atoms with E-state index in [-0.39, 0.29) is 12.0 Å². The largest absolute Gasteiger partial charge is 0.490 e. The van der Waals surface area contributed by atoms with Crippen LogP contribution in [0.4, 0.5) is 11.9 Å². The first-order valence-electron chi connectivity index (χ1n) is 8.48. The summed E-state index contributed by atoms with van der Waals surface area (Å²) in [7, 11) is 0. The molecule has 1 fully saturated rings. The summed E-state index contributed by atoms with van der Waals surface area (Å²) in [6.45, 7) is 5.67. The van der Waals surface area contributed by atoms with Crippen molar-refractivity contribution in [1.29, 1.82) is 0 Å². The molecule has 2 N–H and O–H groups in total. The number of aromatic amines is 1. The molecule has 7 nitrogen and oxygen atoms in total.